The summed E-state index contributed by atoms with van der Waals surface area (Å²) in [5, 5.41) is 8.86. The van der Waals surface area contributed by atoms with Crippen LogP contribution in [0.2, 0.25) is 0 Å². The number of hydrogen-bond donors (Lipinski definition) is 2. The number of hydrazine groups is 1. The van der Waals surface area contributed by atoms with Gasteiger partial charge in [-0.25, -0.2) is 17.1 Å². The number of rotatable bonds is 9. The zero-order chi connectivity index (χ0) is 24.9. The number of nitrogens with zero attached hydrogens (tertiary/aromatic N) is 2. The minimum atomic E-state index is -4.90. The summed E-state index contributed by atoms with van der Waals surface area (Å²) < 4.78 is 80.0. The fraction of sp³-hybridized carbons (Fsp3) is 0.435. The number of nitriles is 1. The maximum atomic E-state index is 13.4. The van der Waals surface area contributed by atoms with Crippen molar-refractivity contribution in [1.82, 2.24) is 15.2 Å². The zero-order valence-electron chi connectivity index (χ0n) is 18.6. The molecule has 1 aliphatic heterocycles. The van der Waals surface area contributed by atoms with E-state index in [0.29, 0.717) is 18.9 Å². The molecule has 3 rings (SSSR count). The lowest BCUT2D eigenvalue weighted by Crippen LogP contribution is -2.31. The predicted octanol–water partition coefficient (Wildman–Crippen LogP) is 4.50. The van der Waals surface area contributed by atoms with Gasteiger partial charge in [-0.1, -0.05) is 25.0 Å². The van der Waals surface area contributed by atoms with Crippen molar-refractivity contribution in [3.63, 3.8) is 0 Å². The summed E-state index contributed by atoms with van der Waals surface area (Å²) in [6.45, 7) is 0.0713. The molecule has 2 aromatic rings. The van der Waals surface area contributed by atoms with Gasteiger partial charge in [-0.15, -0.1) is 0 Å². The van der Waals surface area contributed by atoms with Crippen molar-refractivity contribution in [2.24, 2.45) is 0 Å². The fourth-order valence-electron chi connectivity index (χ4n) is 3.99. The summed E-state index contributed by atoms with van der Waals surface area (Å²) in [6, 6.07) is 10.7. The molecule has 2 atom stereocenters. The second-order valence-corrected chi connectivity index (χ2v) is 10.3. The van der Waals surface area contributed by atoms with Crippen LogP contribution >= 0.6 is 0 Å². The molecular formula is C23H26F4N4O2S. The first kappa shape index (κ1) is 26.1. The van der Waals surface area contributed by atoms with Crippen LogP contribution < -0.4 is 10.9 Å². The van der Waals surface area contributed by atoms with Gasteiger partial charge in [0.1, 0.15) is 5.82 Å². The molecule has 1 saturated heterocycles. The Morgan fingerprint density at radius 2 is 1.88 bits per heavy atom. The van der Waals surface area contributed by atoms with E-state index < -0.39 is 26.7 Å². The Balaban J connectivity index is 1.49. The van der Waals surface area contributed by atoms with Crippen molar-refractivity contribution < 1.29 is 26.0 Å². The molecule has 2 aromatic carbocycles. The largest absolute Gasteiger partial charge is 0.417 e. The van der Waals surface area contributed by atoms with E-state index >= 15 is 0 Å². The van der Waals surface area contributed by atoms with Crippen molar-refractivity contribution >= 4 is 10.0 Å². The van der Waals surface area contributed by atoms with Gasteiger partial charge < -0.3 is 0 Å². The molecule has 0 spiro atoms. The Bertz CT molecular complexity index is 1150. The quantitative estimate of drug-likeness (QED) is 0.393. The lowest BCUT2D eigenvalue weighted by atomic mass is 9.99. The normalized spacial score (nSPS) is 18.9. The van der Waals surface area contributed by atoms with Crippen LogP contribution in [0.5, 0.6) is 0 Å². The number of unbranched alkanes of at least 4 members (excludes halogenated alkanes) is 2. The van der Waals surface area contributed by atoms with Gasteiger partial charge in [0.05, 0.1) is 22.1 Å². The summed E-state index contributed by atoms with van der Waals surface area (Å²) in [6.07, 6.45) is -1.31. The standard InChI is InChI=1S/C23H26F4N4O2S/c1-31(34(32,33)22-10-9-16(15-28)12-20(22)23(25,26)27)11-4-2-3-8-19-14-21(30-29-19)17-6-5-7-18(24)13-17/h5-7,9-10,12-13,19,21,29-30H,2-4,8,11,14H2,1H3. The molecule has 34 heavy (non-hydrogen) atoms. The minimum Gasteiger partial charge on any atom is -0.254 e. The van der Waals surface area contributed by atoms with Gasteiger partial charge in [0.2, 0.25) is 10.0 Å². The van der Waals surface area contributed by atoms with E-state index in [-0.39, 0.29) is 30.0 Å². The van der Waals surface area contributed by atoms with E-state index in [4.69, 9.17) is 5.26 Å². The van der Waals surface area contributed by atoms with Gasteiger partial charge in [-0.2, -0.15) is 18.4 Å². The summed E-state index contributed by atoms with van der Waals surface area (Å²) in [5.41, 5.74) is 5.61. The maximum absolute atomic E-state index is 13.4. The van der Waals surface area contributed by atoms with E-state index in [9.17, 15) is 26.0 Å². The highest BCUT2D eigenvalue weighted by Gasteiger charge is 2.38. The molecular weight excluding hydrogens is 472 g/mol. The third-order valence-corrected chi connectivity index (χ3v) is 7.78. The average molecular weight is 499 g/mol. The summed E-state index contributed by atoms with van der Waals surface area (Å²) in [7, 11) is -3.12. The first-order chi connectivity index (χ1) is 16.0. The number of halogens is 4. The molecule has 6 nitrogen and oxygen atoms in total. The van der Waals surface area contributed by atoms with Gasteiger partial charge in [0.25, 0.3) is 0 Å². The van der Waals surface area contributed by atoms with Gasteiger partial charge in [0, 0.05) is 25.7 Å². The molecule has 11 heteroatoms. The van der Waals surface area contributed by atoms with Crippen molar-refractivity contribution in [2.75, 3.05) is 13.6 Å². The van der Waals surface area contributed by atoms with Crippen molar-refractivity contribution in [1.29, 1.82) is 5.26 Å². The molecule has 0 saturated carbocycles. The number of hydrogen-bond acceptors (Lipinski definition) is 5. The Morgan fingerprint density at radius 3 is 2.56 bits per heavy atom. The number of alkyl halides is 3. The monoisotopic (exact) mass is 498 g/mol. The van der Waals surface area contributed by atoms with Crippen molar-refractivity contribution in [2.45, 2.75) is 55.3 Å². The van der Waals surface area contributed by atoms with Gasteiger partial charge in [0.15, 0.2) is 0 Å². The van der Waals surface area contributed by atoms with Crippen LogP contribution in [0.4, 0.5) is 17.6 Å². The van der Waals surface area contributed by atoms with Gasteiger partial charge in [-0.05, 0) is 55.2 Å². The van der Waals surface area contributed by atoms with E-state index in [2.05, 4.69) is 10.9 Å². The van der Waals surface area contributed by atoms with E-state index in [1.807, 2.05) is 6.07 Å². The van der Waals surface area contributed by atoms with E-state index in [1.54, 1.807) is 12.1 Å². The number of nitrogens with one attached hydrogen (secondary N) is 2. The minimum absolute atomic E-state index is 0.00669. The molecule has 2 N–H and O–H groups in total. The molecule has 1 heterocycles. The Kier molecular flexibility index (Phi) is 8.30. The fourth-order valence-corrected chi connectivity index (χ4v) is 5.39. The van der Waals surface area contributed by atoms with Crippen LogP contribution in [0.3, 0.4) is 0 Å². The van der Waals surface area contributed by atoms with Crippen LogP contribution in [-0.4, -0.2) is 32.4 Å². The van der Waals surface area contributed by atoms with Crippen LogP contribution in [0.1, 0.15) is 54.8 Å². The zero-order valence-corrected chi connectivity index (χ0v) is 19.4. The average Bonchev–Trinajstić information content (AvgIpc) is 3.26. The highest BCUT2D eigenvalue weighted by Crippen LogP contribution is 2.36. The highest BCUT2D eigenvalue weighted by molar-refractivity contribution is 7.89. The molecule has 0 amide bonds. The molecule has 0 bridgehead atoms. The molecule has 1 aliphatic rings. The van der Waals surface area contributed by atoms with E-state index in [1.165, 1.54) is 19.2 Å². The molecule has 0 radical (unpaired) electrons. The Labute approximate surface area is 196 Å². The van der Waals surface area contributed by atoms with Crippen molar-refractivity contribution in [3.8, 4) is 6.07 Å². The molecule has 0 aliphatic carbocycles. The molecule has 1 fully saturated rings. The van der Waals surface area contributed by atoms with E-state index in [0.717, 1.165) is 41.3 Å². The summed E-state index contributed by atoms with van der Waals surface area (Å²) >= 11 is 0. The second kappa shape index (κ2) is 10.8. The first-order valence-corrected chi connectivity index (χ1v) is 12.3. The van der Waals surface area contributed by atoms with Crippen LogP contribution in [0.25, 0.3) is 0 Å². The smallest absolute Gasteiger partial charge is 0.254 e. The number of benzene rings is 2. The molecule has 2 unspecified atom stereocenters. The highest BCUT2D eigenvalue weighted by atomic mass is 32.2. The van der Waals surface area contributed by atoms with Crippen LogP contribution in [0.15, 0.2) is 47.4 Å². The third-order valence-electron chi connectivity index (χ3n) is 5.86. The second-order valence-electron chi connectivity index (χ2n) is 8.33. The first-order valence-electron chi connectivity index (χ1n) is 10.9. The third kappa shape index (κ3) is 6.33. The lowest BCUT2D eigenvalue weighted by Gasteiger charge is -2.20. The summed E-state index contributed by atoms with van der Waals surface area (Å²) in [5.74, 6) is -0.287. The predicted molar refractivity (Wildman–Crippen MR) is 118 cm³/mol. The topological polar surface area (TPSA) is 85.2 Å². The Morgan fingerprint density at radius 1 is 1.12 bits per heavy atom. The molecule has 184 valence electrons. The van der Waals surface area contributed by atoms with Crippen molar-refractivity contribution in [3.05, 3.63) is 65.0 Å². The molecule has 0 aromatic heterocycles. The Hall–Kier alpha value is -2.52. The van der Waals surface area contributed by atoms with Gasteiger partial charge in [-0.3, -0.25) is 10.9 Å². The lowest BCUT2D eigenvalue weighted by molar-refractivity contribution is -0.139. The van der Waals surface area contributed by atoms with Gasteiger partial charge >= 0.3 is 6.18 Å². The maximum Gasteiger partial charge on any atom is 0.417 e. The SMILES string of the molecule is CN(CCCCCC1CC(c2cccc(F)c2)NN1)S(=O)(=O)c1ccc(C#N)cc1C(F)(F)F. The van der Waals surface area contributed by atoms with Crippen LogP contribution in [-0.2, 0) is 16.2 Å². The number of sulfonamides is 1. The summed E-state index contributed by atoms with van der Waals surface area (Å²) in [4.78, 5) is -0.855. The van der Waals surface area contributed by atoms with Crippen LogP contribution in [0, 0.1) is 17.1 Å².